The number of nitrogens with one attached hydrogen (secondary N) is 1. The Morgan fingerprint density at radius 2 is 1.75 bits per heavy atom. The highest BCUT2D eigenvalue weighted by atomic mass is 16.5. The molecular formula is C10H21NO. The Bertz CT molecular complexity index is 150. The van der Waals surface area contributed by atoms with Gasteiger partial charge in [-0.05, 0) is 26.7 Å². The molecule has 12 heavy (non-hydrogen) atoms. The van der Waals surface area contributed by atoms with Crippen LogP contribution in [0.3, 0.4) is 0 Å². The van der Waals surface area contributed by atoms with Crippen molar-refractivity contribution in [3.8, 4) is 0 Å². The maximum absolute atomic E-state index is 5.62. The highest BCUT2D eigenvalue weighted by Gasteiger charge is 2.37. The molecule has 0 saturated carbocycles. The van der Waals surface area contributed by atoms with Crippen LogP contribution in [-0.2, 0) is 4.74 Å². The van der Waals surface area contributed by atoms with E-state index in [1.54, 1.807) is 0 Å². The van der Waals surface area contributed by atoms with Crippen LogP contribution < -0.4 is 5.32 Å². The molecular weight excluding hydrogens is 150 g/mol. The summed E-state index contributed by atoms with van der Waals surface area (Å²) in [6.07, 6.45) is 2.29. The van der Waals surface area contributed by atoms with E-state index in [1.807, 2.05) is 0 Å². The van der Waals surface area contributed by atoms with Crippen molar-refractivity contribution in [1.82, 2.24) is 5.32 Å². The lowest BCUT2D eigenvalue weighted by Gasteiger charge is -2.45. The van der Waals surface area contributed by atoms with Gasteiger partial charge >= 0.3 is 0 Å². The monoisotopic (exact) mass is 171 g/mol. The van der Waals surface area contributed by atoms with Crippen LogP contribution in [0.1, 0.15) is 40.5 Å². The van der Waals surface area contributed by atoms with Gasteiger partial charge in [0.15, 0.2) is 0 Å². The van der Waals surface area contributed by atoms with Gasteiger partial charge in [-0.15, -0.1) is 0 Å². The smallest absolute Gasteiger partial charge is 0.0649 e. The summed E-state index contributed by atoms with van der Waals surface area (Å²) in [5, 5.41) is 3.68. The van der Waals surface area contributed by atoms with Crippen LogP contribution in [0.25, 0.3) is 0 Å². The summed E-state index contributed by atoms with van der Waals surface area (Å²) in [6, 6.07) is 0. The van der Waals surface area contributed by atoms with Crippen LogP contribution in [0.2, 0.25) is 0 Å². The van der Waals surface area contributed by atoms with Gasteiger partial charge in [-0.25, -0.2) is 0 Å². The average Bonchev–Trinajstić information content (AvgIpc) is 2.02. The Balaban J connectivity index is 2.65. The first-order chi connectivity index (χ1) is 5.54. The highest BCUT2D eigenvalue weighted by molar-refractivity contribution is 4.96. The number of hydrogen-bond acceptors (Lipinski definition) is 2. The minimum absolute atomic E-state index is 0.143. The zero-order valence-electron chi connectivity index (χ0n) is 8.74. The zero-order chi connectivity index (χ0) is 9.24. The number of rotatable bonds is 2. The van der Waals surface area contributed by atoms with E-state index in [2.05, 4.69) is 33.0 Å². The third-order valence-electron chi connectivity index (χ3n) is 2.80. The maximum atomic E-state index is 5.62. The molecule has 2 heteroatoms. The van der Waals surface area contributed by atoms with E-state index in [-0.39, 0.29) is 11.1 Å². The minimum Gasteiger partial charge on any atom is -0.378 e. The van der Waals surface area contributed by atoms with Crippen molar-refractivity contribution >= 4 is 0 Å². The second-order valence-electron chi connectivity index (χ2n) is 4.49. The Kier molecular flexibility index (Phi) is 2.79. The van der Waals surface area contributed by atoms with Crippen LogP contribution in [-0.4, -0.2) is 24.3 Å². The first kappa shape index (κ1) is 10.0. The summed E-state index contributed by atoms with van der Waals surface area (Å²) < 4.78 is 5.62. The lowest BCUT2D eigenvalue weighted by atomic mass is 9.88. The van der Waals surface area contributed by atoms with E-state index < -0.39 is 0 Å². The van der Waals surface area contributed by atoms with E-state index in [0.717, 1.165) is 26.1 Å². The fraction of sp³-hybridized carbons (Fsp3) is 1.00. The van der Waals surface area contributed by atoms with Crippen molar-refractivity contribution in [2.24, 2.45) is 0 Å². The Labute approximate surface area is 75.7 Å². The molecule has 1 fully saturated rings. The van der Waals surface area contributed by atoms with Gasteiger partial charge in [-0.3, -0.25) is 0 Å². The Morgan fingerprint density at radius 3 is 2.08 bits per heavy atom. The van der Waals surface area contributed by atoms with Gasteiger partial charge in [0.2, 0.25) is 0 Å². The second kappa shape index (κ2) is 3.35. The predicted molar refractivity (Wildman–Crippen MR) is 51.3 cm³/mol. The number of ether oxygens (including phenoxy) is 1. The average molecular weight is 171 g/mol. The maximum Gasteiger partial charge on any atom is 0.0649 e. The van der Waals surface area contributed by atoms with Gasteiger partial charge in [0.25, 0.3) is 0 Å². The van der Waals surface area contributed by atoms with Crippen LogP contribution in [0, 0.1) is 0 Å². The van der Waals surface area contributed by atoms with Crippen LogP contribution in [0.5, 0.6) is 0 Å². The van der Waals surface area contributed by atoms with Crippen molar-refractivity contribution in [3.63, 3.8) is 0 Å². The molecule has 1 heterocycles. The summed E-state index contributed by atoms with van der Waals surface area (Å²) in [6.45, 7) is 10.5. The van der Waals surface area contributed by atoms with Crippen molar-refractivity contribution in [3.05, 3.63) is 0 Å². The molecule has 1 rings (SSSR count). The molecule has 0 amide bonds. The molecule has 0 spiro atoms. The summed E-state index contributed by atoms with van der Waals surface area (Å²) in [5.74, 6) is 0. The fourth-order valence-corrected chi connectivity index (χ4v) is 1.92. The quantitative estimate of drug-likeness (QED) is 0.685. The molecule has 1 aliphatic heterocycles. The van der Waals surface area contributed by atoms with E-state index in [0.29, 0.717) is 0 Å². The predicted octanol–water partition coefficient (Wildman–Crippen LogP) is 1.94. The largest absolute Gasteiger partial charge is 0.378 e. The lowest BCUT2D eigenvalue weighted by Crippen LogP contribution is -2.63. The second-order valence-corrected chi connectivity index (χ2v) is 4.49. The molecule has 72 valence electrons. The first-order valence-electron chi connectivity index (χ1n) is 4.91. The topological polar surface area (TPSA) is 21.3 Å². The van der Waals surface area contributed by atoms with Crippen molar-refractivity contribution in [2.75, 3.05) is 13.2 Å². The molecule has 0 aromatic rings. The summed E-state index contributed by atoms with van der Waals surface area (Å²) in [7, 11) is 0. The number of morpholine rings is 1. The molecule has 0 aromatic carbocycles. The van der Waals surface area contributed by atoms with Crippen LogP contribution in [0.15, 0.2) is 0 Å². The molecule has 0 aromatic heterocycles. The summed E-state index contributed by atoms with van der Waals surface area (Å²) in [4.78, 5) is 0. The third-order valence-corrected chi connectivity index (χ3v) is 2.80. The number of hydrogen-bond donors (Lipinski definition) is 1. The molecule has 0 aliphatic carbocycles. The zero-order valence-corrected chi connectivity index (χ0v) is 8.74. The SMILES string of the molecule is CCC1(CC)COCC(C)(C)N1. The highest BCUT2D eigenvalue weighted by Crippen LogP contribution is 2.24. The van der Waals surface area contributed by atoms with Crippen molar-refractivity contribution < 1.29 is 4.74 Å². The van der Waals surface area contributed by atoms with Gasteiger partial charge in [-0.1, -0.05) is 13.8 Å². The van der Waals surface area contributed by atoms with E-state index in [1.165, 1.54) is 0 Å². The molecule has 2 nitrogen and oxygen atoms in total. The standard InChI is InChI=1S/C10H21NO/c1-5-10(6-2)8-12-7-9(3,4)11-10/h11H,5-8H2,1-4H3. The van der Waals surface area contributed by atoms with Crippen molar-refractivity contribution in [1.29, 1.82) is 0 Å². The normalized spacial score (nSPS) is 27.0. The first-order valence-corrected chi connectivity index (χ1v) is 4.91. The Morgan fingerprint density at radius 1 is 1.17 bits per heavy atom. The molecule has 0 radical (unpaired) electrons. The molecule has 1 N–H and O–H groups in total. The molecule has 0 unspecified atom stereocenters. The summed E-state index contributed by atoms with van der Waals surface area (Å²) >= 11 is 0. The summed E-state index contributed by atoms with van der Waals surface area (Å²) in [5.41, 5.74) is 0.367. The van der Waals surface area contributed by atoms with Gasteiger partial charge in [0, 0.05) is 11.1 Å². The van der Waals surface area contributed by atoms with Crippen LogP contribution >= 0.6 is 0 Å². The molecule has 0 atom stereocenters. The lowest BCUT2D eigenvalue weighted by molar-refractivity contribution is -0.0342. The fourth-order valence-electron chi connectivity index (χ4n) is 1.92. The van der Waals surface area contributed by atoms with Crippen molar-refractivity contribution in [2.45, 2.75) is 51.6 Å². The molecule has 1 aliphatic rings. The van der Waals surface area contributed by atoms with Gasteiger partial charge in [0.05, 0.1) is 13.2 Å². The minimum atomic E-state index is 0.143. The van der Waals surface area contributed by atoms with E-state index >= 15 is 0 Å². The van der Waals surface area contributed by atoms with Gasteiger partial charge in [-0.2, -0.15) is 0 Å². The van der Waals surface area contributed by atoms with E-state index in [9.17, 15) is 0 Å². The van der Waals surface area contributed by atoms with Gasteiger partial charge in [0.1, 0.15) is 0 Å². The third kappa shape index (κ3) is 1.99. The Hall–Kier alpha value is -0.0800. The van der Waals surface area contributed by atoms with Crippen LogP contribution in [0.4, 0.5) is 0 Å². The molecule has 1 saturated heterocycles. The molecule has 0 bridgehead atoms. The van der Waals surface area contributed by atoms with Gasteiger partial charge < -0.3 is 10.1 Å². The van der Waals surface area contributed by atoms with E-state index in [4.69, 9.17) is 4.74 Å².